The smallest absolute Gasteiger partial charge is 0.267 e. The number of amides is 1. The van der Waals surface area contributed by atoms with Gasteiger partial charge in [-0.15, -0.1) is 6.58 Å². The van der Waals surface area contributed by atoms with Crippen LogP contribution in [0.1, 0.15) is 15.9 Å². The Hall–Kier alpha value is -1.57. The molecule has 0 saturated carbocycles. The molecular weight excluding hydrogens is 150 g/mol. The minimum Gasteiger partial charge on any atom is -0.267 e. The predicted octanol–water partition coefficient (Wildman–Crippen LogP) is 1.84. The predicted molar refractivity (Wildman–Crippen MR) is 47.8 cm³/mol. The highest BCUT2D eigenvalue weighted by Crippen LogP contribution is 2.08. The fourth-order valence-electron chi connectivity index (χ4n) is 1.08. The van der Waals surface area contributed by atoms with E-state index in [4.69, 9.17) is 5.73 Å². The van der Waals surface area contributed by atoms with Crippen LogP contribution in [0.25, 0.3) is 0 Å². The van der Waals surface area contributed by atoms with Gasteiger partial charge in [0.2, 0.25) is 0 Å². The largest absolute Gasteiger partial charge is 0.269 e. The maximum absolute atomic E-state index is 10.8. The van der Waals surface area contributed by atoms with Crippen LogP contribution in [0.5, 0.6) is 0 Å². The van der Waals surface area contributed by atoms with Crippen LogP contribution in [0.4, 0.5) is 0 Å². The monoisotopic (exact) mass is 160 g/mol. The number of allylic oxidation sites excluding steroid dienone is 1. The fraction of sp³-hybridized carbons (Fsp3) is 0.100. The first-order valence-corrected chi connectivity index (χ1v) is 3.70. The van der Waals surface area contributed by atoms with Crippen molar-refractivity contribution in [2.24, 2.45) is 0 Å². The van der Waals surface area contributed by atoms with Crippen molar-refractivity contribution in [3.63, 3.8) is 0 Å². The van der Waals surface area contributed by atoms with Crippen LogP contribution >= 0.6 is 0 Å². The highest BCUT2D eigenvalue weighted by Gasteiger charge is 2.04. The summed E-state index contributed by atoms with van der Waals surface area (Å²) in [7, 11) is 0. The van der Waals surface area contributed by atoms with Crippen molar-refractivity contribution in [3.8, 4) is 0 Å². The quantitative estimate of drug-likeness (QED) is 0.622. The molecule has 1 radical (unpaired) electrons. The van der Waals surface area contributed by atoms with Gasteiger partial charge < -0.3 is 0 Å². The van der Waals surface area contributed by atoms with Gasteiger partial charge in [-0.05, 0) is 18.1 Å². The summed E-state index contributed by atoms with van der Waals surface area (Å²) >= 11 is 0. The van der Waals surface area contributed by atoms with Crippen molar-refractivity contribution in [1.82, 2.24) is 5.73 Å². The van der Waals surface area contributed by atoms with E-state index in [-0.39, 0.29) is 0 Å². The molecule has 2 heteroatoms. The van der Waals surface area contributed by atoms with Crippen LogP contribution in [0, 0.1) is 0 Å². The lowest BCUT2D eigenvalue weighted by molar-refractivity contribution is 0.0991. The number of nitrogens with one attached hydrogen (secondary N) is 1. The van der Waals surface area contributed by atoms with Crippen molar-refractivity contribution in [2.75, 3.05) is 0 Å². The Morgan fingerprint density at radius 3 is 2.75 bits per heavy atom. The summed E-state index contributed by atoms with van der Waals surface area (Å²) in [6.07, 6.45) is 2.36. The van der Waals surface area contributed by atoms with Crippen molar-refractivity contribution in [2.45, 2.75) is 6.42 Å². The third-order valence-corrected chi connectivity index (χ3v) is 1.63. The Morgan fingerprint density at radius 2 is 2.17 bits per heavy atom. The Balaban J connectivity index is 3.07. The molecule has 0 aliphatic rings. The third-order valence-electron chi connectivity index (χ3n) is 1.63. The van der Waals surface area contributed by atoms with Gasteiger partial charge in [0.15, 0.2) is 0 Å². The van der Waals surface area contributed by atoms with Gasteiger partial charge >= 0.3 is 0 Å². The second kappa shape index (κ2) is 3.72. The lowest BCUT2D eigenvalue weighted by Crippen LogP contribution is -2.02. The van der Waals surface area contributed by atoms with E-state index in [0.717, 1.165) is 5.56 Å². The molecule has 2 nitrogen and oxygen atoms in total. The van der Waals surface area contributed by atoms with Crippen LogP contribution in [0.15, 0.2) is 36.9 Å². The SMILES string of the molecule is C=CCc1ccccc1C([NH])=O. The summed E-state index contributed by atoms with van der Waals surface area (Å²) in [4.78, 5) is 10.8. The van der Waals surface area contributed by atoms with E-state index in [2.05, 4.69) is 6.58 Å². The second-order valence-electron chi connectivity index (χ2n) is 2.48. The van der Waals surface area contributed by atoms with Gasteiger partial charge in [0, 0.05) is 5.56 Å². The molecule has 1 amide bonds. The molecule has 0 saturated heterocycles. The van der Waals surface area contributed by atoms with Gasteiger partial charge in [0.25, 0.3) is 5.91 Å². The first-order valence-electron chi connectivity index (χ1n) is 3.70. The molecule has 0 atom stereocenters. The Bertz CT molecular complexity index is 304. The van der Waals surface area contributed by atoms with Gasteiger partial charge in [0.1, 0.15) is 0 Å². The van der Waals surface area contributed by atoms with Gasteiger partial charge in [-0.3, -0.25) is 10.5 Å². The minimum absolute atomic E-state index is 0.470. The van der Waals surface area contributed by atoms with Gasteiger partial charge in [-0.2, -0.15) is 0 Å². The van der Waals surface area contributed by atoms with Gasteiger partial charge in [-0.1, -0.05) is 24.3 Å². The van der Waals surface area contributed by atoms with Gasteiger partial charge in [-0.25, -0.2) is 0 Å². The summed E-state index contributed by atoms with van der Waals surface area (Å²) < 4.78 is 0. The maximum atomic E-state index is 10.8. The van der Waals surface area contributed by atoms with Crippen LogP contribution < -0.4 is 5.73 Å². The highest BCUT2D eigenvalue weighted by atomic mass is 16.1. The number of benzene rings is 1. The highest BCUT2D eigenvalue weighted by molar-refractivity contribution is 5.93. The Morgan fingerprint density at radius 1 is 1.50 bits per heavy atom. The van der Waals surface area contributed by atoms with Crippen molar-refractivity contribution < 1.29 is 4.79 Å². The standard InChI is InChI=1S/C10H10NO/c1-2-5-8-6-3-4-7-9(8)10(11)12/h2-4,6-7,11H,1,5H2. The van der Waals surface area contributed by atoms with E-state index in [1.165, 1.54) is 0 Å². The first kappa shape index (κ1) is 8.53. The summed E-state index contributed by atoms with van der Waals surface area (Å²) in [5.74, 6) is -0.632. The molecule has 0 fully saturated rings. The minimum atomic E-state index is -0.632. The molecule has 0 unspecified atom stereocenters. The molecule has 1 aromatic rings. The van der Waals surface area contributed by atoms with Crippen molar-refractivity contribution in [1.29, 1.82) is 0 Å². The Labute approximate surface area is 71.7 Å². The van der Waals surface area contributed by atoms with Gasteiger partial charge in [0.05, 0.1) is 0 Å². The normalized spacial score (nSPS) is 9.33. The van der Waals surface area contributed by atoms with E-state index in [9.17, 15) is 4.79 Å². The van der Waals surface area contributed by atoms with Crippen LogP contribution in [-0.2, 0) is 6.42 Å². The topological polar surface area (TPSA) is 40.9 Å². The molecule has 1 aromatic carbocycles. The van der Waals surface area contributed by atoms with Crippen LogP contribution in [-0.4, -0.2) is 5.91 Å². The molecule has 0 aliphatic heterocycles. The average Bonchev–Trinajstić information content (AvgIpc) is 2.05. The molecule has 0 aromatic heterocycles. The molecule has 1 rings (SSSR count). The van der Waals surface area contributed by atoms with Crippen LogP contribution in [0.2, 0.25) is 0 Å². The van der Waals surface area contributed by atoms with E-state index < -0.39 is 5.91 Å². The summed E-state index contributed by atoms with van der Waals surface area (Å²) in [5, 5.41) is 0. The van der Waals surface area contributed by atoms with E-state index >= 15 is 0 Å². The lowest BCUT2D eigenvalue weighted by atomic mass is 10.0. The molecular formula is C10H10NO. The lowest BCUT2D eigenvalue weighted by Gasteiger charge is -2.01. The summed E-state index contributed by atoms with van der Waals surface area (Å²) in [5.41, 5.74) is 8.30. The number of hydrogen-bond donors (Lipinski definition) is 0. The first-order chi connectivity index (χ1) is 5.75. The van der Waals surface area contributed by atoms with E-state index in [1.54, 1.807) is 18.2 Å². The number of hydrogen-bond acceptors (Lipinski definition) is 1. The zero-order valence-electron chi connectivity index (χ0n) is 6.71. The molecule has 61 valence electrons. The molecule has 0 bridgehead atoms. The maximum Gasteiger partial charge on any atom is 0.269 e. The molecule has 12 heavy (non-hydrogen) atoms. The zero-order chi connectivity index (χ0) is 8.97. The summed E-state index contributed by atoms with van der Waals surface area (Å²) in [6.45, 7) is 3.58. The molecule has 0 heterocycles. The zero-order valence-corrected chi connectivity index (χ0v) is 6.71. The molecule has 0 aliphatic carbocycles. The second-order valence-corrected chi connectivity index (χ2v) is 2.48. The Kier molecular flexibility index (Phi) is 2.64. The molecule has 0 spiro atoms. The van der Waals surface area contributed by atoms with E-state index in [0.29, 0.717) is 12.0 Å². The fourth-order valence-corrected chi connectivity index (χ4v) is 1.08. The van der Waals surface area contributed by atoms with E-state index in [1.807, 2.05) is 12.1 Å². The average molecular weight is 160 g/mol. The van der Waals surface area contributed by atoms with Crippen LogP contribution in [0.3, 0.4) is 0 Å². The number of carbonyl (C=O) groups excluding carboxylic acids is 1. The van der Waals surface area contributed by atoms with Crippen molar-refractivity contribution >= 4 is 5.91 Å². The van der Waals surface area contributed by atoms with Crippen molar-refractivity contribution in [3.05, 3.63) is 48.0 Å². The molecule has 1 N–H and O–H groups in total. The number of carbonyl (C=O) groups is 1. The number of rotatable bonds is 3. The third kappa shape index (κ3) is 1.72. The summed E-state index contributed by atoms with van der Waals surface area (Å²) in [6, 6.07) is 7.11.